The first-order valence-corrected chi connectivity index (χ1v) is 6.88. The zero-order valence-corrected chi connectivity index (χ0v) is 10.2. The molecule has 3 nitrogen and oxygen atoms in total. The van der Waals surface area contributed by atoms with Crippen molar-refractivity contribution in [1.29, 1.82) is 0 Å². The van der Waals surface area contributed by atoms with E-state index in [4.69, 9.17) is 15.4 Å². The second kappa shape index (κ2) is 4.86. The van der Waals surface area contributed by atoms with Gasteiger partial charge in [0.2, 0.25) is 0 Å². The number of rotatable bonds is 4. The summed E-state index contributed by atoms with van der Waals surface area (Å²) in [5, 5.41) is 0. The summed E-state index contributed by atoms with van der Waals surface area (Å²) < 4.78 is 27.3. The zero-order valence-electron chi connectivity index (χ0n) is 8.60. The first-order valence-electron chi connectivity index (χ1n) is 4.57. The second-order valence-electron chi connectivity index (χ2n) is 3.61. The molecule has 0 amide bonds. The predicted octanol–water partition coefficient (Wildman–Crippen LogP) is 2.65. The summed E-state index contributed by atoms with van der Waals surface area (Å²) in [6.07, 6.45) is 0. The van der Waals surface area contributed by atoms with Gasteiger partial charge in [0.1, 0.15) is 5.75 Å². The van der Waals surface area contributed by atoms with Crippen molar-refractivity contribution >= 4 is 19.7 Å². The SMILES string of the molecule is CC(C)COc1ccc(S(=O)(=O)Cl)cc1. The Labute approximate surface area is 94.4 Å². The van der Waals surface area contributed by atoms with Crippen molar-refractivity contribution in [3.8, 4) is 5.75 Å². The Bertz CT molecular complexity index is 409. The highest BCUT2D eigenvalue weighted by Crippen LogP contribution is 2.19. The van der Waals surface area contributed by atoms with Gasteiger partial charge in [-0.15, -0.1) is 0 Å². The van der Waals surface area contributed by atoms with Crippen LogP contribution in [0.15, 0.2) is 29.2 Å². The van der Waals surface area contributed by atoms with E-state index in [0.29, 0.717) is 18.3 Å². The van der Waals surface area contributed by atoms with Crippen LogP contribution in [0.5, 0.6) is 5.75 Å². The van der Waals surface area contributed by atoms with Gasteiger partial charge in [-0.05, 0) is 30.2 Å². The van der Waals surface area contributed by atoms with E-state index in [2.05, 4.69) is 0 Å². The van der Waals surface area contributed by atoms with Gasteiger partial charge in [-0.3, -0.25) is 0 Å². The van der Waals surface area contributed by atoms with E-state index in [0.717, 1.165) is 0 Å². The maximum atomic E-state index is 10.9. The minimum absolute atomic E-state index is 0.0843. The summed E-state index contributed by atoms with van der Waals surface area (Å²) in [4.78, 5) is 0.0843. The Hall–Kier alpha value is -0.740. The van der Waals surface area contributed by atoms with Gasteiger partial charge >= 0.3 is 0 Å². The quantitative estimate of drug-likeness (QED) is 0.770. The van der Waals surface area contributed by atoms with Crippen LogP contribution in [0.25, 0.3) is 0 Å². The lowest BCUT2D eigenvalue weighted by Crippen LogP contribution is -2.04. The molecule has 0 radical (unpaired) electrons. The maximum absolute atomic E-state index is 10.9. The van der Waals surface area contributed by atoms with Crippen molar-refractivity contribution < 1.29 is 13.2 Å². The summed E-state index contributed by atoms with van der Waals surface area (Å²) in [5.74, 6) is 1.08. The molecule has 0 spiro atoms. The van der Waals surface area contributed by atoms with Crippen molar-refractivity contribution in [3.63, 3.8) is 0 Å². The van der Waals surface area contributed by atoms with Gasteiger partial charge in [-0.1, -0.05) is 13.8 Å². The minimum atomic E-state index is -3.63. The molecule has 0 aliphatic heterocycles. The first kappa shape index (κ1) is 12.3. The van der Waals surface area contributed by atoms with Crippen molar-refractivity contribution in [2.75, 3.05) is 6.61 Å². The number of ether oxygens (including phenoxy) is 1. The van der Waals surface area contributed by atoms with Crippen LogP contribution in [-0.4, -0.2) is 15.0 Å². The smallest absolute Gasteiger partial charge is 0.261 e. The molecule has 0 aliphatic carbocycles. The van der Waals surface area contributed by atoms with Gasteiger partial charge in [0, 0.05) is 10.7 Å². The molecular weight excluding hydrogens is 236 g/mol. The van der Waals surface area contributed by atoms with Gasteiger partial charge in [0.25, 0.3) is 9.05 Å². The Morgan fingerprint density at radius 1 is 1.27 bits per heavy atom. The molecule has 0 saturated heterocycles. The van der Waals surface area contributed by atoms with Crippen molar-refractivity contribution in [1.82, 2.24) is 0 Å². The van der Waals surface area contributed by atoms with Crippen LogP contribution in [0.4, 0.5) is 0 Å². The topological polar surface area (TPSA) is 43.4 Å². The lowest BCUT2D eigenvalue weighted by molar-refractivity contribution is 0.271. The summed E-state index contributed by atoms with van der Waals surface area (Å²) >= 11 is 0. The molecule has 0 atom stereocenters. The van der Waals surface area contributed by atoms with Crippen LogP contribution in [-0.2, 0) is 9.05 Å². The molecule has 1 aromatic rings. The highest BCUT2D eigenvalue weighted by atomic mass is 35.7. The number of hydrogen-bond acceptors (Lipinski definition) is 3. The van der Waals surface area contributed by atoms with E-state index in [1.54, 1.807) is 12.1 Å². The van der Waals surface area contributed by atoms with E-state index < -0.39 is 9.05 Å². The fraction of sp³-hybridized carbons (Fsp3) is 0.400. The number of hydrogen-bond donors (Lipinski definition) is 0. The molecule has 84 valence electrons. The standard InChI is InChI=1S/C10H13ClO3S/c1-8(2)7-14-9-3-5-10(6-4-9)15(11,12)13/h3-6,8H,7H2,1-2H3. The molecular formula is C10H13ClO3S. The predicted molar refractivity (Wildman–Crippen MR) is 59.8 cm³/mol. The Kier molecular flexibility index (Phi) is 3.99. The Morgan fingerprint density at radius 2 is 1.80 bits per heavy atom. The second-order valence-corrected chi connectivity index (χ2v) is 6.18. The molecule has 0 aromatic heterocycles. The molecule has 1 aromatic carbocycles. The lowest BCUT2D eigenvalue weighted by Gasteiger charge is -2.08. The summed E-state index contributed by atoms with van der Waals surface area (Å²) in [7, 11) is 1.54. The average Bonchev–Trinajstić information content (AvgIpc) is 2.14. The normalized spacial score (nSPS) is 11.7. The van der Waals surface area contributed by atoms with Gasteiger partial charge < -0.3 is 4.74 Å². The van der Waals surface area contributed by atoms with Gasteiger partial charge in [-0.25, -0.2) is 8.42 Å². The van der Waals surface area contributed by atoms with Crippen LogP contribution < -0.4 is 4.74 Å². The Morgan fingerprint density at radius 3 is 2.20 bits per heavy atom. The molecule has 0 bridgehead atoms. The lowest BCUT2D eigenvalue weighted by atomic mass is 10.2. The third kappa shape index (κ3) is 4.10. The van der Waals surface area contributed by atoms with Crippen LogP contribution in [0.1, 0.15) is 13.8 Å². The van der Waals surface area contributed by atoms with Crippen LogP contribution in [0.3, 0.4) is 0 Å². The van der Waals surface area contributed by atoms with Gasteiger partial charge in [-0.2, -0.15) is 0 Å². The molecule has 5 heteroatoms. The van der Waals surface area contributed by atoms with Gasteiger partial charge in [0.15, 0.2) is 0 Å². The number of halogens is 1. The van der Waals surface area contributed by atoms with Crippen molar-refractivity contribution in [2.24, 2.45) is 5.92 Å². The third-order valence-electron chi connectivity index (χ3n) is 1.69. The highest BCUT2D eigenvalue weighted by molar-refractivity contribution is 8.13. The van der Waals surface area contributed by atoms with Crippen LogP contribution >= 0.6 is 10.7 Å². The van der Waals surface area contributed by atoms with E-state index in [1.165, 1.54) is 12.1 Å². The molecule has 1 rings (SSSR count). The average molecular weight is 249 g/mol. The molecule has 15 heavy (non-hydrogen) atoms. The van der Waals surface area contributed by atoms with E-state index in [-0.39, 0.29) is 4.90 Å². The summed E-state index contributed by atoms with van der Waals surface area (Å²) in [6, 6.07) is 6.05. The largest absolute Gasteiger partial charge is 0.493 e. The van der Waals surface area contributed by atoms with Crippen LogP contribution in [0.2, 0.25) is 0 Å². The van der Waals surface area contributed by atoms with E-state index in [1.807, 2.05) is 13.8 Å². The van der Waals surface area contributed by atoms with Gasteiger partial charge in [0.05, 0.1) is 11.5 Å². The van der Waals surface area contributed by atoms with E-state index >= 15 is 0 Å². The minimum Gasteiger partial charge on any atom is -0.493 e. The molecule has 0 saturated carbocycles. The fourth-order valence-corrected chi connectivity index (χ4v) is 1.73. The molecule has 0 N–H and O–H groups in total. The fourth-order valence-electron chi connectivity index (χ4n) is 0.961. The van der Waals surface area contributed by atoms with Crippen LogP contribution in [0, 0.1) is 5.92 Å². The molecule has 0 unspecified atom stereocenters. The zero-order chi connectivity index (χ0) is 11.5. The third-order valence-corrected chi connectivity index (χ3v) is 3.06. The first-order chi connectivity index (χ1) is 6.89. The molecule has 0 aliphatic rings. The molecule has 0 fully saturated rings. The van der Waals surface area contributed by atoms with Crippen molar-refractivity contribution in [3.05, 3.63) is 24.3 Å². The Balaban J connectivity index is 2.73. The molecule has 0 heterocycles. The highest BCUT2D eigenvalue weighted by Gasteiger charge is 2.09. The van der Waals surface area contributed by atoms with Crippen molar-refractivity contribution in [2.45, 2.75) is 18.7 Å². The van der Waals surface area contributed by atoms with E-state index in [9.17, 15) is 8.42 Å². The summed E-state index contributed by atoms with van der Waals surface area (Å²) in [5.41, 5.74) is 0. The monoisotopic (exact) mass is 248 g/mol. The summed E-state index contributed by atoms with van der Waals surface area (Å²) in [6.45, 7) is 4.68. The number of benzene rings is 1. The maximum Gasteiger partial charge on any atom is 0.261 e.